The van der Waals surface area contributed by atoms with Crippen LogP contribution >= 0.6 is 0 Å². The molecule has 0 nitrogen and oxygen atoms in total. The predicted molar refractivity (Wildman–Crippen MR) is 51.4 cm³/mol. The topological polar surface area (TPSA) is 0 Å². The largest absolute Gasteiger partial charge is 0.391 e. The van der Waals surface area contributed by atoms with Gasteiger partial charge >= 0.3 is 0 Å². The first kappa shape index (κ1) is 12.8. The summed E-state index contributed by atoms with van der Waals surface area (Å²) in [7, 11) is 0. The van der Waals surface area contributed by atoms with Crippen molar-refractivity contribution in [2.75, 3.05) is 0 Å². The van der Waals surface area contributed by atoms with E-state index in [1.165, 1.54) is 5.56 Å². The van der Waals surface area contributed by atoms with E-state index in [4.69, 9.17) is 0 Å². The summed E-state index contributed by atoms with van der Waals surface area (Å²) in [4.78, 5) is 0. The molecule has 0 spiro atoms. The molecule has 1 aromatic carbocycles. The Labute approximate surface area is 106 Å². The van der Waals surface area contributed by atoms with Crippen molar-refractivity contribution in [2.24, 2.45) is 0 Å². The van der Waals surface area contributed by atoms with Crippen LogP contribution in [0.25, 0.3) is 0 Å². The Morgan fingerprint density at radius 1 is 1.15 bits per heavy atom. The van der Waals surface area contributed by atoms with Gasteiger partial charge < -0.3 is 24.3 Å². The van der Waals surface area contributed by atoms with Crippen LogP contribution in [-0.4, -0.2) is 0 Å². The van der Waals surface area contributed by atoms with Gasteiger partial charge in [-0.15, -0.1) is 13.3 Å². The average molecular weight is 245 g/mol. The van der Waals surface area contributed by atoms with Gasteiger partial charge in [0.1, 0.15) is 0 Å². The van der Waals surface area contributed by atoms with E-state index in [1.807, 2.05) is 37.3 Å². The van der Waals surface area contributed by atoms with Crippen molar-refractivity contribution >= 4 is 0 Å². The maximum Gasteiger partial charge on any atom is 0 e. The standard InChI is InChI=1S/C12H12.Y/c1-2-3-4-6-9-12-10-7-5-8-11-12;/h3-5,7-8,10-11H,9H2,1H3;/q-2;. The van der Waals surface area contributed by atoms with Crippen molar-refractivity contribution < 1.29 is 32.7 Å². The Morgan fingerprint density at radius 2 is 1.85 bits per heavy atom. The van der Waals surface area contributed by atoms with E-state index in [1.54, 1.807) is 0 Å². The number of allylic oxidation sites excluding steroid dienone is 4. The van der Waals surface area contributed by atoms with Crippen molar-refractivity contribution in [2.45, 2.75) is 13.3 Å². The summed E-state index contributed by atoms with van der Waals surface area (Å²) < 4.78 is 0. The maximum atomic E-state index is 3.16. The van der Waals surface area contributed by atoms with Gasteiger partial charge in [-0.05, 0) is 0 Å². The number of rotatable bonds is 3. The van der Waals surface area contributed by atoms with Crippen molar-refractivity contribution in [3.05, 3.63) is 60.2 Å². The zero-order valence-corrected chi connectivity index (χ0v) is 10.7. The molecule has 1 heteroatoms. The Balaban J connectivity index is 0.00000144. The fourth-order valence-corrected chi connectivity index (χ4v) is 0.915. The SMILES string of the molecule is C[C-]=CC=[C-]Cc1ccccc1.[Y]. The molecule has 0 aliphatic rings. The van der Waals surface area contributed by atoms with Crippen LogP contribution in [0.2, 0.25) is 0 Å². The third-order valence-corrected chi connectivity index (χ3v) is 1.52. The number of hydrogen-bond acceptors (Lipinski definition) is 0. The van der Waals surface area contributed by atoms with Crippen LogP contribution in [0, 0.1) is 12.2 Å². The van der Waals surface area contributed by atoms with Gasteiger partial charge in [-0.3, -0.25) is 0 Å². The predicted octanol–water partition coefficient (Wildman–Crippen LogP) is 2.97. The van der Waals surface area contributed by atoms with Crippen LogP contribution in [0.3, 0.4) is 0 Å². The average Bonchev–Trinajstić information content (AvgIpc) is 2.14. The molecule has 1 radical (unpaired) electrons. The van der Waals surface area contributed by atoms with E-state index in [2.05, 4.69) is 24.3 Å². The third kappa shape index (κ3) is 5.95. The van der Waals surface area contributed by atoms with Crippen molar-refractivity contribution in [1.29, 1.82) is 0 Å². The van der Waals surface area contributed by atoms with E-state index >= 15 is 0 Å². The van der Waals surface area contributed by atoms with Gasteiger partial charge in [0.25, 0.3) is 0 Å². The van der Waals surface area contributed by atoms with Gasteiger partial charge in [0, 0.05) is 32.7 Å². The van der Waals surface area contributed by atoms with Gasteiger partial charge in [-0.2, -0.15) is 0 Å². The van der Waals surface area contributed by atoms with Gasteiger partial charge in [-0.25, -0.2) is 0 Å². The molecule has 0 bridgehead atoms. The Bertz CT molecular complexity index is 260. The minimum absolute atomic E-state index is 0. The van der Waals surface area contributed by atoms with Crippen molar-refractivity contribution in [1.82, 2.24) is 0 Å². The molecule has 65 valence electrons. The normalized spacial score (nSPS) is 10.5. The summed E-state index contributed by atoms with van der Waals surface area (Å²) in [5.74, 6) is 0. The quantitative estimate of drug-likeness (QED) is 0.567. The molecule has 0 heterocycles. The van der Waals surface area contributed by atoms with E-state index < -0.39 is 0 Å². The number of benzene rings is 1. The smallest absolute Gasteiger partial charge is 0 e. The summed E-state index contributed by atoms with van der Waals surface area (Å²) in [6.07, 6.45) is 10.7. The van der Waals surface area contributed by atoms with E-state index in [0.717, 1.165) is 6.42 Å². The summed E-state index contributed by atoms with van der Waals surface area (Å²) >= 11 is 0. The third-order valence-electron chi connectivity index (χ3n) is 1.52. The summed E-state index contributed by atoms with van der Waals surface area (Å²) in [6, 6.07) is 10.3. The molecule has 1 aromatic rings. The molecule has 0 unspecified atom stereocenters. The molecule has 0 atom stereocenters. The second-order valence-electron chi connectivity index (χ2n) is 2.49. The zero-order valence-electron chi connectivity index (χ0n) is 7.83. The minimum atomic E-state index is 0. The Morgan fingerprint density at radius 3 is 2.46 bits per heavy atom. The molecule has 0 aliphatic heterocycles. The van der Waals surface area contributed by atoms with Crippen molar-refractivity contribution in [3.8, 4) is 0 Å². The minimum Gasteiger partial charge on any atom is -0.391 e. The van der Waals surface area contributed by atoms with Crippen LogP contribution in [0.5, 0.6) is 0 Å². The fourth-order valence-electron chi connectivity index (χ4n) is 0.915. The summed E-state index contributed by atoms with van der Waals surface area (Å²) in [6.45, 7) is 1.88. The van der Waals surface area contributed by atoms with Crippen LogP contribution < -0.4 is 0 Å². The molecule has 0 fully saturated rings. The van der Waals surface area contributed by atoms with Crippen LogP contribution in [-0.2, 0) is 39.1 Å². The molecule has 0 saturated carbocycles. The molecular weight excluding hydrogens is 233 g/mol. The van der Waals surface area contributed by atoms with Gasteiger partial charge in [-0.1, -0.05) is 35.9 Å². The van der Waals surface area contributed by atoms with Crippen LogP contribution in [0.1, 0.15) is 12.5 Å². The molecule has 0 aliphatic carbocycles. The number of hydrogen-bond donors (Lipinski definition) is 0. The van der Waals surface area contributed by atoms with Crippen LogP contribution in [0.4, 0.5) is 0 Å². The van der Waals surface area contributed by atoms with E-state index in [0.29, 0.717) is 0 Å². The van der Waals surface area contributed by atoms with E-state index in [9.17, 15) is 0 Å². The fraction of sp³-hybridized carbons (Fsp3) is 0.167. The maximum absolute atomic E-state index is 3.16. The Kier molecular flexibility index (Phi) is 8.28. The monoisotopic (exact) mass is 245 g/mol. The molecule has 0 amide bonds. The first-order valence-corrected chi connectivity index (χ1v) is 4.03. The molecule has 0 N–H and O–H groups in total. The molecule has 13 heavy (non-hydrogen) atoms. The molecule has 0 saturated heterocycles. The Hall–Kier alpha value is -0.196. The van der Waals surface area contributed by atoms with Crippen molar-refractivity contribution in [3.63, 3.8) is 0 Å². The van der Waals surface area contributed by atoms with Crippen LogP contribution in [0.15, 0.2) is 42.5 Å². The van der Waals surface area contributed by atoms with Gasteiger partial charge in [0.15, 0.2) is 0 Å². The summed E-state index contributed by atoms with van der Waals surface area (Å²) in [5, 5.41) is 0. The van der Waals surface area contributed by atoms with E-state index in [-0.39, 0.29) is 32.7 Å². The summed E-state index contributed by atoms with van der Waals surface area (Å²) in [5.41, 5.74) is 1.29. The van der Waals surface area contributed by atoms with Gasteiger partial charge in [0.05, 0.1) is 0 Å². The first-order chi connectivity index (χ1) is 5.93. The molecule has 1 rings (SSSR count). The van der Waals surface area contributed by atoms with Gasteiger partial charge in [0.2, 0.25) is 0 Å². The second-order valence-corrected chi connectivity index (χ2v) is 2.49. The molecular formula is C12H12Y-2. The zero-order chi connectivity index (χ0) is 8.65. The molecule has 0 aromatic heterocycles. The second kappa shape index (κ2) is 8.40. The first-order valence-electron chi connectivity index (χ1n) is 4.03.